The summed E-state index contributed by atoms with van der Waals surface area (Å²) in [6.45, 7) is 0.360. The van der Waals surface area contributed by atoms with E-state index in [0.717, 1.165) is 0 Å². The Morgan fingerprint density at radius 3 is 1.47 bits per heavy atom. The number of hydrogen-bond acceptors (Lipinski definition) is 2. The van der Waals surface area contributed by atoms with Crippen molar-refractivity contribution < 1.29 is 9.47 Å². The molecule has 1 aliphatic rings. The van der Waals surface area contributed by atoms with Gasteiger partial charge in [0, 0.05) is 0 Å². The minimum Gasteiger partial charge on any atom is -0.344 e. The van der Waals surface area contributed by atoms with E-state index in [1.54, 1.807) is 0 Å². The normalized spacial score (nSPS) is 23.8. The quantitative estimate of drug-likeness (QED) is 0.780. The number of benzene rings is 2. The number of ether oxygens (including phenoxy) is 2. The molecule has 2 aromatic rings. The molecular formula is C15H14O2. The van der Waals surface area contributed by atoms with Crippen LogP contribution in [-0.2, 0) is 9.47 Å². The average Bonchev–Trinajstić information content (AvgIpc) is 2.90. The van der Waals surface area contributed by atoms with Gasteiger partial charge in [0.25, 0.3) is 0 Å². The van der Waals surface area contributed by atoms with Crippen molar-refractivity contribution in [1.82, 2.24) is 0 Å². The van der Waals surface area contributed by atoms with E-state index in [9.17, 15) is 0 Å². The SMILES string of the molecule is c1ccc([C@H]2OCO[C@@H]2c2ccccc2)cc1. The molecule has 2 aromatic carbocycles. The molecule has 0 amide bonds. The Bertz CT molecular complexity index is 421. The lowest BCUT2D eigenvalue weighted by Crippen LogP contribution is -2.06. The van der Waals surface area contributed by atoms with Gasteiger partial charge in [0.2, 0.25) is 0 Å². The molecule has 0 N–H and O–H groups in total. The van der Waals surface area contributed by atoms with Crippen molar-refractivity contribution >= 4 is 0 Å². The van der Waals surface area contributed by atoms with E-state index in [0.29, 0.717) is 6.79 Å². The first-order chi connectivity index (χ1) is 8.45. The second kappa shape index (κ2) is 4.70. The summed E-state index contributed by atoms with van der Waals surface area (Å²) in [5, 5.41) is 0. The van der Waals surface area contributed by atoms with Crippen molar-refractivity contribution in [3.63, 3.8) is 0 Å². The largest absolute Gasteiger partial charge is 0.344 e. The third-order valence-corrected chi connectivity index (χ3v) is 3.03. The van der Waals surface area contributed by atoms with Crippen molar-refractivity contribution in [2.75, 3.05) is 6.79 Å². The first-order valence-corrected chi connectivity index (χ1v) is 5.78. The second-order valence-corrected chi connectivity index (χ2v) is 4.11. The van der Waals surface area contributed by atoms with Crippen molar-refractivity contribution in [2.24, 2.45) is 0 Å². The Morgan fingerprint density at radius 1 is 0.647 bits per heavy atom. The fourth-order valence-electron chi connectivity index (χ4n) is 2.19. The molecule has 0 bridgehead atoms. The van der Waals surface area contributed by atoms with Crippen LogP contribution in [0.3, 0.4) is 0 Å². The minimum absolute atomic E-state index is 0.00130. The molecule has 3 rings (SSSR count). The molecule has 2 atom stereocenters. The van der Waals surface area contributed by atoms with E-state index in [-0.39, 0.29) is 12.2 Å². The van der Waals surface area contributed by atoms with E-state index >= 15 is 0 Å². The zero-order valence-electron chi connectivity index (χ0n) is 9.45. The first kappa shape index (κ1) is 10.5. The highest BCUT2D eigenvalue weighted by Crippen LogP contribution is 2.39. The Labute approximate surface area is 101 Å². The fraction of sp³-hybridized carbons (Fsp3) is 0.200. The van der Waals surface area contributed by atoms with Crippen molar-refractivity contribution in [3.05, 3.63) is 71.8 Å². The minimum atomic E-state index is -0.00130. The van der Waals surface area contributed by atoms with Gasteiger partial charge in [-0.2, -0.15) is 0 Å². The maximum Gasteiger partial charge on any atom is 0.148 e. The summed E-state index contributed by atoms with van der Waals surface area (Å²) in [5.74, 6) is 0. The van der Waals surface area contributed by atoms with Crippen LogP contribution in [0.25, 0.3) is 0 Å². The number of hydrogen-bond donors (Lipinski definition) is 0. The highest BCUT2D eigenvalue weighted by molar-refractivity contribution is 5.25. The molecule has 1 heterocycles. The van der Waals surface area contributed by atoms with Gasteiger partial charge in [-0.15, -0.1) is 0 Å². The van der Waals surface area contributed by atoms with Crippen LogP contribution in [0.5, 0.6) is 0 Å². The monoisotopic (exact) mass is 226 g/mol. The fourth-order valence-corrected chi connectivity index (χ4v) is 2.19. The summed E-state index contributed by atoms with van der Waals surface area (Å²) in [4.78, 5) is 0. The molecule has 17 heavy (non-hydrogen) atoms. The van der Waals surface area contributed by atoms with Gasteiger partial charge in [-0.3, -0.25) is 0 Å². The molecule has 1 saturated heterocycles. The molecule has 0 aliphatic carbocycles. The van der Waals surface area contributed by atoms with Crippen LogP contribution in [0, 0.1) is 0 Å². The lowest BCUT2D eigenvalue weighted by Gasteiger charge is -2.17. The Morgan fingerprint density at radius 2 is 1.06 bits per heavy atom. The van der Waals surface area contributed by atoms with Gasteiger partial charge in [-0.05, 0) is 11.1 Å². The second-order valence-electron chi connectivity index (χ2n) is 4.11. The summed E-state index contributed by atoms with van der Waals surface area (Å²) in [5.41, 5.74) is 2.33. The Kier molecular flexibility index (Phi) is 2.90. The lowest BCUT2D eigenvalue weighted by molar-refractivity contribution is 0.0382. The van der Waals surface area contributed by atoms with Gasteiger partial charge in [-0.25, -0.2) is 0 Å². The van der Waals surface area contributed by atoms with E-state index in [1.807, 2.05) is 36.4 Å². The first-order valence-electron chi connectivity index (χ1n) is 5.78. The third kappa shape index (κ3) is 2.09. The van der Waals surface area contributed by atoms with Gasteiger partial charge >= 0.3 is 0 Å². The molecule has 1 aliphatic heterocycles. The van der Waals surface area contributed by atoms with Crippen molar-refractivity contribution in [1.29, 1.82) is 0 Å². The predicted molar refractivity (Wildman–Crippen MR) is 65.4 cm³/mol. The van der Waals surface area contributed by atoms with Crippen LogP contribution in [-0.4, -0.2) is 6.79 Å². The van der Waals surface area contributed by atoms with Gasteiger partial charge in [0.05, 0.1) is 0 Å². The summed E-state index contributed by atoms with van der Waals surface area (Å²) < 4.78 is 11.4. The third-order valence-electron chi connectivity index (χ3n) is 3.03. The molecule has 2 heteroatoms. The Balaban J connectivity index is 1.91. The van der Waals surface area contributed by atoms with E-state index in [2.05, 4.69) is 24.3 Å². The molecule has 0 aromatic heterocycles. The van der Waals surface area contributed by atoms with E-state index in [1.165, 1.54) is 11.1 Å². The molecule has 1 fully saturated rings. The van der Waals surface area contributed by atoms with E-state index in [4.69, 9.17) is 9.47 Å². The van der Waals surface area contributed by atoms with Gasteiger partial charge in [-0.1, -0.05) is 60.7 Å². The zero-order valence-corrected chi connectivity index (χ0v) is 9.45. The van der Waals surface area contributed by atoms with Crippen molar-refractivity contribution in [3.8, 4) is 0 Å². The van der Waals surface area contributed by atoms with Crippen LogP contribution < -0.4 is 0 Å². The summed E-state index contributed by atoms with van der Waals surface area (Å²) >= 11 is 0. The number of rotatable bonds is 2. The maximum absolute atomic E-state index is 5.68. The van der Waals surface area contributed by atoms with Crippen LogP contribution in [0.15, 0.2) is 60.7 Å². The van der Waals surface area contributed by atoms with Gasteiger partial charge < -0.3 is 9.47 Å². The zero-order chi connectivity index (χ0) is 11.5. The van der Waals surface area contributed by atoms with Gasteiger partial charge in [0.15, 0.2) is 0 Å². The summed E-state index contributed by atoms with van der Waals surface area (Å²) in [7, 11) is 0. The van der Waals surface area contributed by atoms with Crippen molar-refractivity contribution in [2.45, 2.75) is 12.2 Å². The molecule has 0 spiro atoms. The molecule has 0 unspecified atom stereocenters. The lowest BCUT2D eigenvalue weighted by atomic mass is 9.99. The molecule has 86 valence electrons. The molecule has 0 radical (unpaired) electrons. The predicted octanol–water partition coefficient (Wildman–Crippen LogP) is 3.47. The Hall–Kier alpha value is -1.64. The van der Waals surface area contributed by atoms with Crippen LogP contribution in [0.1, 0.15) is 23.3 Å². The average molecular weight is 226 g/mol. The van der Waals surface area contributed by atoms with Crippen LogP contribution in [0.4, 0.5) is 0 Å². The maximum atomic E-state index is 5.68. The standard InChI is InChI=1S/C15H14O2/c1-3-7-12(8-4-1)14-15(17-11-16-14)13-9-5-2-6-10-13/h1-10,14-15H,11H2/t14-,15-/m1/s1. The molecule has 2 nitrogen and oxygen atoms in total. The smallest absolute Gasteiger partial charge is 0.148 e. The van der Waals surface area contributed by atoms with E-state index < -0.39 is 0 Å². The van der Waals surface area contributed by atoms with Gasteiger partial charge in [0.1, 0.15) is 19.0 Å². The van der Waals surface area contributed by atoms with Crippen LogP contribution >= 0.6 is 0 Å². The topological polar surface area (TPSA) is 18.5 Å². The van der Waals surface area contributed by atoms with Crippen LogP contribution in [0.2, 0.25) is 0 Å². The summed E-state index contributed by atoms with van der Waals surface area (Å²) in [6.07, 6.45) is -0.00259. The summed E-state index contributed by atoms with van der Waals surface area (Å²) in [6, 6.07) is 20.4. The molecular weight excluding hydrogens is 212 g/mol. The highest BCUT2D eigenvalue weighted by atomic mass is 16.7. The highest BCUT2D eigenvalue weighted by Gasteiger charge is 2.31. The molecule has 0 saturated carbocycles.